The average molecular weight is 534 g/mol. The van der Waals surface area contributed by atoms with Crippen LogP contribution in [-0.4, -0.2) is 61.4 Å². The van der Waals surface area contributed by atoms with Crippen LogP contribution in [0.25, 0.3) is 0 Å². The van der Waals surface area contributed by atoms with Gasteiger partial charge in [0.25, 0.3) is 0 Å². The molecule has 0 saturated carbocycles. The Bertz CT molecular complexity index is 855. The lowest BCUT2D eigenvalue weighted by Gasteiger charge is -2.17. The molecule has 2 N–H and O–H groups in total. The van der Waals surface area contributed by atoms with Crippen molar-refractivity contribution in [3.05, 3.63) is 53.9 Å². The fourth-order valence-electron chi connectivity index (χ4n) is 2.72. The van der Waals surface area contributed by atoms with Gasteiger partial charge >= 0.3 is 0 Å². The first-order valence-corrected chi connectivity index (χ1v) is 11.0. The van der Waals surface area contributed by atoms with Crippen molar-refractivity contribution in [3.8, 4) is 0 Å². The standard InChI is InChI=1S/C19H30N6O2S.HI/c1-4-28(26,27)24(3)13-7-11-21-19(20-2)22-15-17-9-5-6-10-18(17)16-25-14-8-12-23-25;/h5-6,8-10,12,14H,4,7,11,13,15-16H2,1-3H3,(H2,20,21,22);1H. The van der Waals surface area contributed by atoms with Gasteiger partial charge in [-0.05, 0) is 30.5 Å². The molecule has 0 bridgehead atoms. The molecule has 8 nitrogen and oxygen atoms in total. The van der Waals surface area contributed by atoms with Crippen molar-refractivity contribution in [3.63, 3.8) is 0 Å². The van der Waals surface area contributed by atoms with E-state index in [0.29, 0.717) is 32.0 Å². The van der Waals surface area contributed by atoms with Crippen LogP contribution in [0.2, 0.25) is 0 Å². The van der Waals surface area contributed by atoms with Crippen molar-refractivity contribution in [2.24, 2.45) is 4.99 Å². The first-order chi connectivity index (χ1) is 13.5. The third-order valence-corrected chi connectivity index (χ3v) is 6.32. The summed E-state index contributed by atoms with van der Waals surface area (Å²) in [6, 6.07) is 10.1. The molecule has 0 fully saturated rings. The third-order valence-electron chi connectivity index (χ3n) is 4.46. The summed E-state index contributed by atoms with van der Waals surface area (Å²) in [6.07, 6.45) is 4.42. The van der Waals surface area contributed by atoms with Crippen LogP contribution in [0.4, 0.5) is 0 Å². The summed E-state index contributed by atoms with van der Waals surface area (Å²) in [5.74, 6) is 0.813. The number of hydrogen-bond donors (Lipinski definition) is 2. The summed E-state index contributed by atoms with van der Waals surface area (Å²) in [7, 11) is 0.210. The Morgan fingerprint density at radius 1 is 1.21 bits per heavy atom. The van der Waals surface area contributed by atoms with Crippen LogP contribution in [-0.2, 0) is 23.1 Å². The van der Waals surface area contributed by atoms with Gasteiger partial charge in [-0.1, -0.05) is 24.3 Å². The molecule has 0 unspecified atom stereocenters. The van der Waals surface area contributed by atoms with Gasteiger partial charge < -0.3 is 10.6 Å². The fraction of sp³-hybridized carbons (Fsp3) is 0.474. The molecule has 29 heavy (non-hydrogen) atoms. The van der Waals surface area contributed by atoms with Crippen molar-refractivity contribution in [1.29, 1.82) is 0 Å². The lowest BCUT2D eigenvalue weighted by Crippen LogP contribution is -2.39. The summed E-state index contributed by atoms with van der Waals surface area (Å²) in [5, 5.41) is 10.8. The molecule has 0 radical (unpaired) electrons. The topological polar surface area (TPSA) is 91.6 Å². The van der Waals surface area contributed by atoms with E-state index in [1.54, 1.807) is 27.2 Å². The molecule has 2 rings (SSSR count). The molecule has 0 aliphatic heterocycles. The second kappa shape index (κ2) is 12.8. The van der Waals surface area contributed by atoms with Crippen molar-refractivity contribution < 1.29 is 8.42 Å². The van der Waals surface area contributed by atoms with Gasteiger partial charge in [-0.15, -0.1) is 24.0 Å². The van der Waals surface area contributed by atoms with Crippen molar-refractivity contribution in [2.75, 3.05) is 32.9 Å². The summed E-state index contributed by atoms with van der Waals surface area (Å²) >= 11 is 0. The number of rotatable bonds is 10. The summed E-state index contributed by atoms with van der Waals surface area (Å²) in [4.78, 5) is 4.24. The van der Waals surface area contributed by atoms with Crippen molar-refractivity contribution in [1.82, 2.24) is 24.7 Å². The Kier molecular flexibility index (Phi) is 11.2. The van der Waals surface area contributed by atoms with Gasteiger partial charge in [-0.3, -0.25) is 9.67 Å². The zero-order chi connectivity index (χ0) is 20.4. The van der Waals surface area contributed by atoms with Crippen LogP contribution in [0.3, 0.4) is 0 Å². The highest BCUT2D eigenvalue weighted by atomic mass is 127. The average Bonchev–Trinajstić information content (AvgIpc) is 3.21. The molecule has 0 atom stereocenters. The van der Waals surface area contributed by atoms with E-state index in [9.17, 15) is 8.42 Å². The Labute approximate surface area is 190 Å². The zero-order valence-electron chi connectivity index (χ0n) is 17.2. The van der Waals surface area contributed by atoms with Crippen LogP contribution in [0.5, 0.6) is 0 Å². The Morgan fingerprint density at radius 2 is 1.93 bits per heavy atom. The molecule has 162 valence electrons. The highest BCUT2D eigenvalue weighted by Gasteiger charge is 2.14. The number of nitrogens with zero attached hydrogens (tertiary/aromatic N) is 4. The normalized spacial score (nSPS) is 11.9. The number of sulfonamides is 1. The summed E-state index contributed by atoms with van der Waals surface area (Å²) in [6.45, 7) is 4.13. The molecule has 2 aromatic rings. The first-order valence-electron chi connectivity index (χ1n) is 9.39. The van der Waals surface area contributed by atoms with E-state index in [4.69, 9.17) is 0 Å². The van der Waals surface area contributed by atoms with Crippen LogP contribution in [0.15, 0.2) is 47.7 Å². The molecule has 0 aliphatic rings. The molecular formula is C19H31IN6O2S. The lowest BCUT2D eigenvalue weighted by atomic mass is 10.1. The third kappa shape index (κ3) is 8.31. The van der Waals surface area contributed by atoms with E-state index in [2.05, 4.69) is 32.9 Å². The minimum atomic E-state index is -3.12. The fourth-order valence-corrected chi connectivity index (χ4v) is 3.57. The zero-order valence-corrected chi connectivity index (χ0v) is 20.4. The van der Waals surface area contributed by atoms with Crippen molar-refractivity contribution in [2.45, 2.75) is 26.4 Å². The largest absolute Gasteiger partial charge is 0.356 e. The maximum Gasteiger partial charge on any atom is 0.213 e. The van der Waals surface area contributed by atoms with Crippen LogP contribution in [0, 0.1) is 0 Å². The Balaban J connectivity index is 0.00000420. The van der Waals surface area contributed by atoms with E-state index in [0.717, 1.165) is 6.54 Å². The second-order valence-electron chi connectivity index (χ2n) is 6.40. The Morgan fingerprint density at radius 3 is 2.55 bits per heavy atom. The SMILES string of the molecule is CCS(=O)(=O)N(C)CCCNC(=NC)NCc1ccccc1Cn1cccn1.I. The number of guanidine groups is 1. The van der Waals surface area contributed by atoms with Crippen LogP contribution >= 0.6 is 24.0 Å². The van der Waals surface area contributed by atoms with Gasteiger partial charge in [0.15, 0.2) is 5.96 Å². The smallest absolute Gasteiger partial charge is 0.213 e. The maximum atomic E-state index is 11.8. The van der Waals surface area contributed by atoms with E-state index < -0.39 is 10.0 Å². The van der Waals surface area contributed by atoms with Gasteiger partial charge in [-0.25, -0.2) is 12.7 Å². The van der Waals surface area contributed by atoms with Gasteiger partial charge in [0.1, 0.15) is 0 Å². The predicted molar refractivity (Wildman–Crippen MR) is 128 cm³/mol. The minimum absolute atomic E-state index is 0. The number of aliphatic imine (C=N–C) groups is 1. The molecule has 1 heterocycles. The van der Waals surface area contributed by atoms with E-state index in [1.807, 2.05) is 29.1 Å². The maximum absolute atomic E-state index is 11.8. The van der Waals surface area contributed by atoms with Gasteiger partial charge in [0.2, 0.25) is 10.0 Å². The predicted octanol–water partition coefficient (Wildman–Crippen LogP) is 1.89. The van der Waals surface area contributed by atoms with Gasteiger partial charge in [-0.2, -0.15) is 5.10 Å². The molecule has 0 aliphatic carbocycles. The molecule has 0 amide bonds. The number of hydrogen-bond acceptors (Lipinski definition) is 4. The van der Waals surface area contributed by atoms with E-state index >= 15 is 0 Å². The number of halogens is 1. The van der Waals surface area contributed by atoms with Gasteiger partial charge in [0.05, 0.1) is 12.3 Å². The van der Waals surface area contributed by atoms with Crippen molar-refractivity contribution >= 4 is 40.0 Å². The van der Waals surface area contributed by atoms with E-state index in [1.165, 1.54) is 15.4 Å². The highest BCUT2D eigenvalue weighted by Crippen LogP contribution is 2.10. The van der Waals surface area contributed by atoms with E-state index in [-0.39, 0.29) is 29.7 Å². The molecule has 0 saturated heterocycles. The molecule has 0 spiro atoms. The number of aromatic nitrogens is 2. The highest BCUT2D eigenvalue weighted by molar-refractivity contribution is 14.0. The summed E-state index contributed by atoms with van der Waals surface area (Å²) in [5.41, 5.74) is 2.37. The molecule has 1 aromatic heterocycles. The summed E-state index contributed by atoms with van der Waals surface area (Å²) < 4.78 is 26.8. The minimum Gasteiger partial charge on any atom is -0.356 e. The first kappa shape index (κ1) is 25.4. The lowest BCUT2D eigenvalue weighted by molar-refractivity contribution is 0.461. The van der Waals surface area contributed by atoms with Crippen LogP contribution in [0.1, 0.15) is 24.5 Å². The Hall–Kier alpha value is -1.66. The monoisotopic (exact) mass is 534 g/mol. The quantitative estimate of drug-likeness (QED) is 0.210. The molecule has 1 aromatic carbocycles. The number of nitrogens with one attached hydrogen (secondary N) is 2. The second-order valence-corrected chi connectivity index (χ2v) is 8.77. The van der Waals surface area contributed by atoms with Gasteiger partial charge in [0, 0.05) is 46.1 Å². The van der Waals surface area contributed by atoms with Crippen LogP contribution < -0.4 is 10.6 Å². The molecule has 10 heteroatoms. The molecular weight excluding hydrogens is 503 g/mol. The number of benzene rings is 1.